The minimum atomic E-state index is 0.637. The maximum absolute atomic E-state index is 4.40. The number of nitrogens with zero attached hydrogens (tertiary/aromatic N) is 3. The first-order valence-corrected chi connectivity index (χ1v) is 8.56. The van der Waals surface area contributed by atoms with Crippen LogP contribution >= 0.6 is 0 Å². The Balaban J connectivity index is 1.52. The van der Waals surface area contributed by atoms with E-state index in [9.17, 15) is 0 Å². The Labute approximate surface area is 136 Å². The summed E-state index contributed by atoms with van der Waals surface area (Å²) >= 11 is 0. The summed E-state index contributed by atoms with van der Waals surface area (Å²) in [6, 6.07) is 9.41. The quantitative estimate of drug-likeness (QED) is 0.790. The number of hydrogen-bond donors (Lipinski definition) is 1. The predicted octanol–water partition coefficient (Wildman–Crippen LogP) is 3.02. The van der Waals surface area contributed by atoms with Crippen LogP contribution in [0, 0.1) is 5.92 Å². The molecule has 1 N–H and O–H groups in total. The molecule has 1 aliphatic heterocycles. The van der Waals surface area contributed by atoms with Gasteiger partial charge in [0.2, 0.25) is 0 Å². The summed E-state index contributed by atoms with van der Waals surface area (Å²) < 4.78 is 2.09. The average Bonchev–Trinajstić information content (AvgIpc) is 3.20. The largest absolute Gasteiger partial charge is 0.361 e. The smallest absolute Gasteiger partial charge is 0.0489 e. The van der Waals surface area contributed by atoms with Gasteiger partial charge in [-0.15, -0.1) is 0 Å². The monoisotopic (exact) mass is 306 g/mol. The number of hydrogen-bond acceptors (Lipinski definition) is 2. The maximum atomic E-state index is 4.40. The first-order valence-electron chi connectivity index (χ1n) is 8.56. The molecule has 4 nitrogen and oxygen atoms in total. The van der Waals surface area contributed by atoms with Gasteiger partial charge in [-0.25, -0.2) is 0 Å². The molecule has 1 aliphatic carbocycles. The van der Waals surface area contributed by atoms with Crippen molar-refractivity contribution in [3.05, 3.63) is 54.0 Å². The molecule has 0 bridgehead atoms. The Morgan fingerprint density at radius 2 is 2.26 bits per heavy atom. The Morgan fingerprint density at radius 1 is 1.30 bits per heavy atom. The van der Waals surface area contributed by atoms with Crippen LogP contribution in [0.15, 0.2) is 42.9 Å². The van der Waals surface area contributed by atoms with E-state index in [4.69, 9.17) is 0 Å². The number of rotatable bonds is 2. The Kier molecular flexibility index (Phi) is 2.89. The van der Waals surface area contributed by atoms with Gasteiger partial charge in [0, 0.05) is 54.5 Å². The molecular formula is C19H22N4. The second-order valence-electron chi connectivity index (χ2n) is 7.23. The van der Waals surface area contributed by atoms with Gasteiger partial charge in [0.15, 0.2) is 0 Å². The number of benzene rings is 1. The minimum absolute atomic E-state index is 0.637. The number of likely N-dealkylation sites (tertiary alicyclic amines) is 1. The summed E-state index contributed by atoms with van der Waals surface area (Å²) in [6.45, 7) is 2.19. The first-order chi connectivity index (χ1) is 11.3. The molecule has 1 saturated heterocycles. The van der Waals surface area contributed by atoms with Crippen LogP contribution in [0.4, 0.5) is 0 Å². The molecule has 3 atom stereocenters. The third kappa shape index (κ3) is 2.05. The summed E-state index contributed by atoms with van der Waals surface area (Å²) in [5.74, 6) is 1.30. The molecule has 1 fully saturated rings. The molecule has 0 radical (unpaired) electrons. The van der Waals surface area contributed by atoms with Crippen LogP contribution in [0.3, 0.4) is 0 Å². The topological polar surface area (TPSA) is 36.9 Å². The number of aromatic nitrogens is 3. The standard InChI is InChI=1S/C19H22N4/c1-22-11-13(12-23-7-3-6-21-23)8-16-15-4-2-5-17-19(15)14(10-20-17)9-18(16)22/h2-7,10,13,16,18,20H,8-9,11-12H2,1H3/t13-,16+,18+/m0/s1. The molecule has 2 aromatic heterocycles. The van der Waals surface area contributed by atoms with Gasteiger partial charge in [0.1, 0.15) is 0 Å². The summed E-state index contributed by atoms with van der Waals surface area (Å²) in [4.78, 5) is 6.04. The number of H-pyrrole nitrogens is 1. The highest BCUT2D eigenvalue weighted by Crippen LogP contribution is 2.44. The van der Waals surface area contributed by atoms with Crippen LogP contribution in [0.1, 0.15) is 23.5 Å². The van der Waals surface area contributed by atoms with E-state index in [1.807, 2.05) is 12.3 Å². The molecule has 3 aromatic rings. The third-order valence-corrected chi connectivity index (χ3v) is 5.82. The van der Waals surface area contributed by atoms with Gasteiger partial charge in [-0.2, -0.15) is 5.10 Å². The summed E-state index contributed by atoms with van der Waals surface area (Å²) in [5.41, 5.74) is 4.34. The molecule has 4 heteroatoms. The highest BCUT2D eigenvalue weighted by atomic mass is 15.3. The van der Waals surface area contributed by atoms with Crippen LogP contribution in [0.2, 0.25) is 0 Å². The number of nitrogens with one attached hydrogen (secondary N) is 1. The molecule has 5 rings (SSSR count). The van der Waals surface area contributed by atoms with Crippen LogP contribution in [0.25, 0.3) is 10.9 Å². The third-order valence-electron chi connectivity index (χ3n) is 5.82. The molecule has 1 aromatic carbocycles. The summed E-state index contributed by atoms with van der Waals surface area (Å²) in [5, 5.41) is 5.89. The molecular weight excluding hydrogens is 284 g/mol. The number of aromatic amines is 1. The Morgan fingerprint density at radius 3 is 3.13 bits per heavy atom. The lowest BCUT2D eigenvalue weighted by molar-refractivity contribution is 0.102. The van der Waals surface area contributed by atoms with Gasteiger partial charge in [-0.1, -0.05) is 12.1 Å². The fraction of sp³-hybridized carbons (Fsp3) is 0.421. The van der Waals surface area contributed by atoms with Crippen molar-refractivity contribution in [3.63, 3.8) is 0 Å². The zero-order valence-electron chi connectivity index (χ0n) is 13.4. The number of likely N-dealkylation sites (N-methyl/N-ethyl adjacent to an activating group) is 1. The highest BCUT2D eigenvalue weighted by molar-refractivity contribution is 5.88. The van der Waals surface area contributed by atoms with Crippen molar-refractivity contribution < 1.29 is 0 Å². The van der Waals surface area contributed by atoms with Crippen molar-refractivity contribution in [1.82, 2.24) is 19.7 Å². The second-order valence-corrected chi connectivity index (χ2v) is 7.23. The van der Waals surface area contributed by atoms with Crippen molar-refractivity contribution in [3.8, 4) is 0 Å². The van der Waals surface area contributed by atoms with Crippen LogP contribution in [0.5, 0.6) is 0 Å². The SMILES string of the molecule is CN1C[C@@H](Cn2cccn2)C[C@@H]2c3cccc4[nH]cc(c34)C[C@H]21. The Hall–Kier alpha value is -2.07. The maximum Gasteiger partial charge on any atom is 0.0489 e. The average molecular weight is 306 g/mol. The molecule has 23 heavy (non-hydrogen) atoms. The van der Waals surface area contributed by atoms with Gasteiger partial charge in [-0.3, -0.25) is 4.68 Å². The molecule has 0 saturated carbocycles. The zero-order valence-corrected chi connectivity index (χ0v) is 13.4. The van der Waals surface area contributed by atoms with E-state index in [2.05, 4.69) is 57.3 Å². The summed E-state index contributed by atoms with van der Waals surface area (Å²) in [7, 11) is 2.30. The molecule has 2 aliphatic rings. The van der Waals surface area contributed by atoms with Crippen LogP contribution in [-0.2, 0) is 13.0 Å². The minimum Gasteiger partial charge on any atom is -0.361 e. The van der Waals surface area contributed by atoms with Gasteiger partial charge in [0.05, 0.1) is 0 Å². The van der Waals surface area contributed by atoms with E-state index in [1.165, 1.54) is 29.3 Å². The van der Waals surface area contributed by atoms with E-state index in [-0.39, 0.29) is 0 Å². The molecule has 0 spiro atoms. The van der Waals surface area contributed by atoms with Crippen molar-refractivity contribution in [2.24, 2.45) is 5.92 Å². The number of fused-ring (bicyclic) bond motifs is 2. The van der Waals surface area contributed by atoms with E-state index < -0.39 is 0 Å². The van der Waals surface area contributed by atoms with E-state index >= 15 is 0 Å². The van der Waals surface area contributed by atoms with Crippen molar-refractivity contribution in [2.75, 3.05) is 13.6 Å². The first kappa shape index (κ1) is 13.4. The van der Waals surface area contributed by atoms with Gasteiger partial charge < -0.3 is 9.88 Å². The van der Waals surface area contributed by atoms with Gasteiger partial charge in [-0.05, 0) is 49.1 Å². The fourth-order valence-corrected chi connectivity index (χ4v) is 4.86. The second kappa shape index (κ2) is 4.96. The molecule has 3 heterocycles. The highest BCUT2D eigenvalue weighted by Gasteiger charge is 2.39. The lowest BCUT2D eigenvalue weighted by Crippen LogP contribution is -2.48. The summed E-state index contributed by atoms with van der Waals surface area (Å²) in [6.07, 6.45) is 8.61. The lowest BCUT2D eigenvalue weighted by Gasteiger charge is -2.45. The van der Waals surface area contributed by atoms with Crippen molar-refractivity contribution in [2.45, 2.75) is 31.3 Å². The van der Waals surface area contributed by atoms with Crippen molar-refractivity contribution in [1.29, 1.82) is 0 Å². The van der Waals surface area contributed by atoms with Crippen molar-refractivity contribution >= 4 is 10.9 Å². The van der Waals surface area contributed by atoms with E-state index in [0.29, 0.717) is 17.9 Å². The molecule has 118 valence electrons. The van der Waals surface area contributed by atoms with Crippen LogP contribution < -0.4 is 0 Å². The molecule has 0 amide bonds. The van der Waals surface area contributed by atoms with E-state index in [0.717, 1.165) is 13.1 Å². The number of piperidine rings is 1. The lowest BCUT2D eigenvalue weighted by atomic mass is 9.72. The Bertz CT molecular complexity index is 832. The normalized spacial score (nSPS) is 27.3. The van der Waals surface area contributed by atoms with Gasteiger partial charge in [0.25, 0.3) is 0 Å². The fourth-order valence-electron chi connectivity index (χ4n) is 4.86. The zero-order chi connectivity index (χ0) is 15.4. The van der Waals surface area contributed by atoms with Crippen LogP contribution in [-0.4, -0.2) is 39.3 Å². The molecule has 0 unspecified atom stereocenters. The predicted molar refractivity (Wildman–Crippen MR) is 91.5 cm³/mol. The van der Waals surface area contributed by atoms with Gasteiger partial charge >= 0.3 is 0 Å². The van der Waals surface area contributed by atoms with E-state index in [1.54, 1.807) is 5.56 Å².